The number of ether oxygens (including phenoxy) is 9. The van der Waals surface area contributed by atoms with Gasteiger partial charge in [0, 0.05) is 22.6 Å². The molecule has 0 saturated heterocycles. The number of carbonyl (C=O) groups is 4. The summed E-state index contributed by atoms with van der Waals surface area (Å²) in [6.07, 6.45) is 28.8. The summed E-state index contributed by atoms with van der Waals surface area (Å²) in [7, 11) is 4.79. The normalized spacial score (nSPS) is 16.5. The van der Waals surface area contributed by atoms with Gasteiger partial charge in [-0.05, 0) is 366 Å². The zero-order valence-corrected chi connectivity index (χ0v) is 86.0. The summed E-state index contributed by atoms with van der Waals surface area (Å²) in [5.74, 6) is 6.53. The molecule has 0 amide bonds. The lowest BCUT2D eigenvalue weighted by Gasteiger charge is -2.25. The Labute approximate surface area is 844 Å². The molecule has 0 aliphatic heterocycles. The second-order valence-corrected chi connectivity index (χ2v) is 41.2. The molecule has 7 aliphatic carbocycles. The van der Waals surface area contributed by atoms with E-state index in [0.29, 0.717) is 117 Å². The number of methoxy groups -OCH3 is 3. The lowest BCUT2D eigenvalue weighted by atomic mass is 9.79. The van der Waals surface area contributed by atoms with E-state index < -0.39 is 0 Å². The van der Waals surface area contributed by atoms with Gasteiger partial charge in [0.1, 0.15) is 70.9 Å². The van der Waals surface area contributed by atoms with Gasteiger partial charge in [0.25, 0.3) is 0 Å². The van der Waals surface area contributed by atoms with Crippen LogP contribution in [0.25, 0.3) is 50.1 Å². The summed E-state index contributed by atoms with van der Waals surface area (Å²) in [6.45, 7) is 23.2. The largest absolute Gasteiger partial charge is 0.508 e. The lowest BCUT2D eigenvalue weighted by Crippen LogP contribution is -2.11. The average Bonchev–Trinajstić information content (AvgIpc) is 1.62. The third kappa shape index (κ3) is 30.8. The van der Waals surface area contributed by atoms with Crippen LogP contribution in [0.15, 0.2) is 224 Å². The molecule has 4 saturated carbocycles. The average molecular weight is 1950 g/mol. The molecule has 19 heteroatoms. The molecular formula is C123H144ClF3O15. The van der Waals surface area contributed by atoms with E-state index in [-0.39, 0.29) is 92.7 Å². The third-order valence-electron chi connectivity index (χ3n) is 28.5. The lowest BCUT2D eigenvalue weighted by molar-refractivity contribution is -0.144. The van der Waals surface area contributed by atoms with E-state index >= 15 is 8.78 Å². The number of benzene rings is 10. The summed E-state index contributed by atoms with van der Waals surface area (Å²) < 4.78 is 94.0. The molecule has 0 aromatic heterocycles. The molecule has 0 heterocycles. The molecule has 17 rings (SSSR count). The number of carbonyl (C=O) groups excluding carboxylic acids is 4. The van der Waals surface area contributed by atoms with Crippen LogP contribution >= 0.6 is 11.6 Å². The topological polar surface area (TPSA) is 192 Å². The molecule has 142 heavy (non-hydrogen) atoms. The second-order valence-electron chi connectivity index (χ2n) is 40.9. The Morgan fingerprint density at radius 2 is 0.606 bits per heavy atom. The van der Waals surface area contributed by atoms with Crippen molar-refractivity contribution in [3.8, 4) is 73.6 Å². The van der Waals surface area contributed by atoms with Crippen molar-refractivity contribution in [2.45, 2.75) is 253 Å². The molecule has 0 unspecified atom stereocenters. The van der Waals surface area contributed by atoms with Gasteiger partial charge in [-0.2, -0.15) is 0 Å². The molecule has 0 spiro atoms. The Balaban J connectivity index is 0.000000156. The first-order chi connectivity index (χ1) is 68.4. The molecule has 10 aromatic carbocycles. The maximum atomic E-state index is 15.1. The van der Waals surface area contributed by atoms with Gasteiger partial charge >= 0.3 is 23.9 Å². The van der Waals surface area contributed by atoms with Crippen LogP contribution in [0.1, 0.15) is 290 Å². The van der Waals surface area contributed by atoms with Crippen molar-refractivity contribution in [1.82, 2.24) is 0 Å². The summed E-state index contributed by atoms with van der Waals surface area (Å²) in [4.78, 5) is 47.9. The highest BCUT2D eigenvalue weighted by Crippen LogP contribution is 2.53. The van der Waals surface area contributed by atoms with E-state index in [2.05, 4.69) is 102 Å². The summed E-state index contributed by atoms with van der Waals surface area (Å²) in [5.41, 5.74) is 18.6. The first kappa shape index (κ1) is 107. The predicted octanol–water partition coefficient (Wildman–Crippen LogP) is 31.1. The number of halogens is 4. The SMILES string of the molecule is CCOC(=O)C[C@@H](CC1CC1)c1cccc(O)c1.CCOC(=O)C[C@@H](CC1CC1)c1cccc(OCc2ccc(-c3cc(OC)ccc3F)c(C3=CCCC3(C)C)c2)c1.CCOC(=O)C[C@H](CC1CC1)c1cccc(O)c1.CCOC(=O)C[C@H](CC1CC1)c1cccc(OCc2ccc(-c3cc(OC)ccc3F)c(C3=CCCC3(C)C)c2)c1.COc1ccc(F)c(-c2ccc(CCl)cc2C2=CCCC2(C)C)c1. The first-order valence-electron chi connectivity index (χ1n) is 51.1. The predicted molar refractivity (Wildman–Crippen MR) is 561 cm³/mol. The molecule has 10 aromatic rings. The van der Waals surface area contributed by atoms with Crippen LogP contribution in [-0.2, 0) is 57.2 Å². The van der Waals surface area contributed by atoms with Gasteiger partial charge in [0.2, 0.25) is 0 Å². The minimum absolute atomic E-state index is 0.00655. The molecule has 4 atom stereocenters. The van der Waals surface area contributed by atoms with Crippen LogP contribution < -0.4 is 23.7 Å². The first-order valence-corrected chi connectivity index (χ1v) is 51.7. The van der Waals surface area contributed by atoms with Crippen LogP contribution in [0, 0.1) is 57.4 Å². The summed E-state index contributed by atoms with van der Waals surface area (Å²) in [5, 5.41) is 19.1. The van der Waals surface area contributed by atoms with Crippen molar-refractivity contribution < 1.29 is 85.2 Å². The number of phenolic OH excluding ortho intramolecular Hbond substituents is 2. The number of hydrogen-bond acceptors (Lipinski definition) is 15. The molecule has 7 aliphatic rings. The Morgan fingerprint density at radius 3 is 0.859 bits per heavy atom. The Kier molecular flexibility index (Phi) is 38.4. The van der Waals surface area contributed by atoms with Gasteiger partial charge in [0.15, 0.2) is 0 Å². The van der Waals surface area contributed by atoms with Crippen molar-refractivity contribution in [2.75, 3.05) is 47.8 Å². The van der Waals surface area contributed by atoms with Crippen LogP contribution in [0.4, 0.5) is 13.2 Å². The zero-order valence-electron chi connectivity index (χ0n) is 85.2. The van der Waals surface area contributed by atoms with E-state index in [1.54, 1.807) is 82.0 Å². The van der Waals surface area contributed by atoms with E-state index in [0.717, 1.165) is 160 Å². The highest BCUT2D eigenvalue weighted by molar-refractivity contribution is 6.17. The van der Waals surface area contributed by atoms with Crippen molar-refractivity contribution in [3.05, 3.63) is 298 Å². The fourth-order valence-corrected chi connectivity index (χ4v) is 20.1. The fourth-order valence-electron chi connectivity index (χ4n) is 20.0. The Morgan fingerprint density at radius 1 is 0.331 bits per heavy atom. The van der Waals surface area contributed by atoms with Crippen LogP contribution in [0.3, 0.4) is 0 Å². The molecule has 0 bridgehead atoms. The van der Waals surface area contributed by atoms with Crippen molar-refractivity contribution in [3.63, 3.8) is 0 Å². The molecular weight excluding hydrogens is 1810 g/mol. The zero-order chi connectivity index (χ0) is 101. The minimum Gasteiger partial charge on any atom is -0.508 e. The Hall–Kier alpha value is -12.0. The van der Waals surface area contributed by atoms with Gasteiger partial charge in [-0.25, -0.2) is 13.2 Å². The summed E-state index contributed by atoms with van der Waals surface area (Å²) >= 11 is 6.04. The molecule has 754 valence electrons. The minimum atomic E-state index is -0.271. The number of allylic oxidation sites excluding steroid dienone is 6. The highest BCUT2D eigenvalue weighted by atomic mass is 35.5. The maximum absolute atomic E-state index is 15.1. The number of rotatable bonds is 40. The molecule has 0 radical (unpaired) electrons. The molecule has 4 fully saturated rings. The van der Waals surface area contributed by atoms with Crippen molar-refractivity contribution in [2.24, 2.45) is 39.9 Å². The van der Waals surface area contributed by atoms with Gasteiger partial charge in [-0.1, -0.05) is 196 Å². The quantitative estimate of drug-likeness (QED) is 0.0209. The van der Waals surface area contributed by atoms with E-state index in [4.69, 9.17) is 54.2 Å². The second kappa shape index (κ2) is 50.8. The van der Waals surface area contributed by atoms with E-state index in [9.17, 15) is 33.8 Å². The van der Waals surface area contributed by atoms with Crippen LogP contribution in [0.5, 0.6) is 40.2 Å². The number of hydrogen-bond donors (Lipinski definition) is 2. The monoisotopic (exact) mass is 1950 g/mol. The standard InChI is InChI=1S/2C36H41FO4.C21H22ClFO.2C15H20O3/c2*1-5-40-35(38)21-27(18-24-11-12-24)26-8-6-9-29(20-26)41-23-25-13-15-30(32-22-28(39-4)14-16-34(32)37)31(19-25)33-10-7-17-36(33,2)3;1-21(2)10-4-5-19(21)17-11-14(13-22)6-8-16(17)18-12-15(24-3)7-9-20(18)23;2*1-2-18-15(17)10-13(8-11-6-7-11)12-4-3-5-14(16)9-12/h2*6,8-10,13-16,19-20,22,24,27H,5,7,11-12,17-18,21,23H2,1-4H3;5-9,11-12H,4,10,13H2,1-3H3;2*3-5,9,11,13,16H,2,6-8,10H2,1H3/t2*27-;;2*13-/m10.10/s1. The fraction of sp³-hybridized carbons (Fsp3) is 0.431. The Bertz CT molecular complexity index is 5750. The molecule has 15 nitrogen and oxygen atoms in total. The number of phenols is 2. The van der Waals surface area contributed by atoms with Crippen LogP contribution in [0.2, 0.25) is 0 Å². The van der Waals surface area contributed by atoms with Gasteiger partial charge in [-0.3, -0.25) is 19.2 Å². The van der Waals surface area contributed by atoms with Gasteiger partial charge in [0.05, 0.1) is 73.4 Å². The van der Waals surface area contributed by atoms with E-state index in [1.165, 1.54) is 86.3 Å². The number of alkyl halides is 1. The van der Waals surface area contributed by atoms with E-state index in [1.807, 2.05) is 113 Å². The van der Waals surface area contributed by atoms with Gasteiger partial charge < -0.3 is 52.8 Å². The third-order valence-corrected chi connectivity index (χ3v) is 28.8. The van der Waals surface area contributed by atoms with Gasteiger partial charge in [-0.15, -0.1) is 11.6 Å². The number of esters is 4. The van der Waals surface area contributed by atoms with Crippen LogP contribution in [-0.4, -0.2) is 81.8 Å². The smallest absolute Gasteiger partial charge is 0.306 e. The highest BCUT2D eigenvalue weighted by Gasteiger charge is 2.37. The maximum Gasteiger partial charge on any atom is 0.306 e. The molecule has 2 N–H and O–H groups in total. The van der Waals surface area contributed by atoms with Crippen molar-refractivity contribution in [1.29, 1.82) is 0 Å². The summed E-state index contributed by atoms with van der Waals surface area (Å²) in [6, 6.07) is 63.7. The van der Waals surface area contributed by atoms with Crippen molar-refractivity contribution >= 4 is 52.2 Å². The number of aromatic hydroxyl groups is 2.